The molecule has 5 nitrogen and oxygen atoms in total. The number of nitrogens with one attached hydrogen (secondary N) is 1. The minimum absolute atomic E-state index is 0.00245. The van der Waals surface area contributed by atoms with Gasteiger partial charge in [0.25, 0.3) is 0 Å². The van der Waals surface area contributed by atoms with Gasteiger partial charge in [0.2, 0.25) is 0 Å². The highest BCUT2D eigenvalue weighted by molar-refractivity contribution is 9.10. The average molecular weight is 346 g/mol. The van der Waals surface area contributed by atoms with Gasteiger partial charge in [-0.2, -0.15) is 10.4 Å². The van der Waals surface area contributed by atoms with Gasteiger partial charge in [0.05, 0.1) is 5.56 Å². The molecule has 1 aromatic heterocycles. The lowest BCUT2D eigenvalue weighted by Crippen LogP contribution is -2.14. The molecule has 1 aliphatic rings. The molecule has 0 spiro atoms. The lowest BCUT2D eigenvalue weighted by atomic mass is 9.80. The molecular weight excluding hydrogens is 334 g/mol. The summed E-state index contributed by atoms with van der Waals surface area (Å²) in [5.41, 5.74) is 3.37. The van der Waals surface area contributed by atoms with Gasteiger partial charge in [-0.1, -0.05) is 6.07 Å². The molecule has 0 amide bonds. The van der Waals surface area contributed by atoms with Crippen molar-refractivity contribution >= 4 is 21.9 Å². The summed E-state index contributed by atoms with van der Waals surface area (Å²) in [5, 5.41) is 25.1. The van der Waals surface area contributed by atoms with E-state index in [4.69, 9.17) is 5.26 Å². The Kier molecular flexibility index (Phi) is 3.52. The van der Waals surface area contributed by atoms with Gasteiger partial charge >= 0.3 is 5.97 Å². The van der Waals surface area contributed by atoms with Crippen molar-refractivity contribution in [2.24, 2.45) is 0 Å². The number of halogens is 1. The van der Waals surface area contributed by atoms with Crippen LogP contribution >= 0.6 is 15.9 Å². The molecule has 1 aliphatic carbocycles. The molecule has 2 aromatic rings. The van der Waals surface area contributed by atoms with Gasteiger partial charge in [0, 0.05) is 21.6 Å². The predicted molar refractivity (Wildman–Crippen MR) is 79.2 cm³/mol. The molecule has 0 bridgehead atoms. The molecule has 106 valence electrons. The first kappa shape index (κ1) is 13.8. The smallest absolute Gasteiger partial charge is 0.356 e. The zero-order valence-corrected chi connectivity index (χ0v) is 12.6. The van der Waals surface area contributed by atoms with E-state index in [1.165, 1.54) is 0 Å². The lowest BCUT2D eigenvalue weighted by Gasteiger charge is -2.23. The van der Waals surface area contributed by atoms with Crippen molar-refractivity contribution in [2.75, 3.05) is 0 Å². The third-order valence-electron chi connectivity index (χ3n) is 3.87. The molecular formula is C15H12BrN3O2. The second kappa shape index (κ2) is 5.34. The highest BCUT2D eigenvalue weighted by Crippen LogP contribution is 2.38. The molecule has 0 radical (unpaired) electrons. The maximum Gasteiger partial charge on any atom is 0.356 e. The Morgan fingerprint density at radius 3 is 3.00 bits per heavy atom. The van der Waals surface area contributed by atoms with Crippen LogP contribution in [0.25, 0.3) is 0 Å². The second-order valence-electron chi connectivity index (χ2n) is 5.07. The van der Waals surface area contributed by atoms with Gasteiger partial charge in [-0.25, -0.2) is 4.79 Å². The van der Waals surface area contributed by atoms with Crippen LogP contribution in [0.15, 0.2) is 22.7 Å². The summed E-state index contributed by atoms with van der Waals surface area (Å²) in [6.45, 7) is 0. The van der Waals surface area contributed by atoms with E-state index in [9.17, 15) is 9.90 Å². The zero-order valence-electron chi connectivity index (χ0n) is 11.1. The quantitative estimate of drug-likeness (QED) is 0.874. The minimum Gasteiger partial charge on any atom is -0.476 e. The summed E-state index contributed by atoms with van der Waals surface area (Å²) in [4.78, 5) is 11.3. The Balaban J connectivity index is 2.10. The Labute approximate surface area is 129 Å². The monoisotopic (exact) mass is 345 g/mol. The van der Waals surface area contributed by atoms with Gasteiger partial charge in [-0.3, -0.25) is 5.10 Å². The van der Waals surface area contributed by atoms with Crippen LogP contribution in [-0.4, -0.2) is 21.3 Å². The molecule has 2 N–H and O–H groups in total. The van der Waals surface area contributed by atoms with E-state index < -0.39 is 5.97 Å². The van der Waals surface area contributed by atoms with Crippen molar-refractivity contribution in [3.05, 3.63) is 50.8 Å². The normalized spacial score (nSPS) is 17.0. The number of aromatic amines is 1. The van der Waals surface area contributed by atoms with Crippen molar-refractivity contribution < 1.29 is 9.90 Å². The number of fused-ring (bicyclic) bond motifs is 1. The fraction of sp³-hybridized carbons (Fsp3) is 0.267. The molecule has 1 unspecified atom stereocenters. The number of carboxylic acid groups (broad SMARTS) is 1. The SMILES string of the molecule is N#Cc1ccc(C2CCCc3[nH]nc(C(=O)O)c32)cc1Br. The number of hydrogen-bond acceptors (Lipinski definition) is 3. The summed E-state index contributed by atoms with van der Waals surface area (Å²) < 4.78 is 0.731. The number of carbonyl (C=O) groups is 1. The molecule has 1 aromatic carbocycles. The number of nitriles is 1. The standard InChI is InChI=1S/C15H12BrN3O2/c16-11-6-8(4-5-9(11)7-17)10-2-1-3-12-13(10)14(15(20)21)19-18-12/h4-6,10H,1-3H2,(H,18,19)(H,20,21). The van der Waals surface area contributed by atoms with E-state index in [0.29, 0.717) is 5.56 Å². The number of aryl methyl sites for hydroxylation is 1. The Morgan fingerprint density at radius 2 is 2.33 bits per heavy atom. The summed E-state index contributed by atoms with van der Waals surface area (Å²) in [5.74, 6) is -1.00. The first-order chi connectivity index (χ1) is 10.1. The summed E-state index contributed by atoms with van der Waals surface area (Å²) in [6, 6.07) is 7.66. The number of carboxylic acids is 1. The topological polar surface area (TPSA) is 89.8 Å². The van der Waals surface area contributed by atoms with Crippen LogP contribution in [0.4, 0.5) is 0 Å². The number of rotatable bonds is 2. The van der Waals surface area contributed by atoms with Crippen LogP contribution < -0.4 is 0 Å². The number of nitrogens with zero attached hydrogens (tertiary/aromatic N) is 2. The molecule has 0 saturated carbocycles. The number of hydrogen-bond donors (Lipinski definition) is 2. The first-order valence-corrected chi connectivity index (χ1v) is 7.41. The van der Waals surface area contributed by atoms with E-state index >= 15 is 0 Å². The van der Waals surface area contributed by atoms with Gasteiger partial charge < -0.3 is 5.11 Å². The number of H-pyrrole nitrogens is 1. The van der Waals surface area contributed by atoms with Gasteiger partial charge in [-0.15, -0.1) is 0 Å². The second-order valence-corrected chi connectivity index (χ2v) is 5.92. The fourth-order valence-corrected chi connectivity index (χ4v) is 3.40. The molecule has 6 heteroatoms. The molecule has 0 fully saturated rings. The number of benzene rings is 1. The van der Waals surface area contributed by atoms with E-state index in [2.05, 4.69) is 32.2 Å². The Bertz CT molecular complexity index is 761. The molecule has 21 heavy (non-hydrogen) atoms. The predicted octanol–water partition coefficient (Wildman–Crippen LogP) is 3.21. The summed E-state index contributed by atoms with van der Waals surface area (Å²) in [6.07, 6.45) is 2.69. The maximum atomic E-state index is 11.3. The third-order valence-corrected chi connectivity index (χ3v) is 4.53. The van der Waals surface area contributed by atoms with Crippen LogP contribution in [0.5, 0.6) is 0 Å². The van der Waals surface area contributed by atoms with Crippen molar-refractivity contribution in [1.82, 2.24) is 10.2 Å². The highest BCUT2D eigenvalue weighted by atomic mass is 79.9. The largest absolute Gasteiger partial charge is 0.476 e. The highest BCUT2D eigenvalue weighted by Gasteiger charge is 2.30. The van der Waals surface area contributed by atoms with E-state index in [-0.39, 0.29) is 11.6 Å². The number of aromatic carboxylic acids is 1. The van der Waals surface area contributed by atoms with Crippen LogP contribution in [0, 0.1) is 11.3 Å². The van der Waals surface area contributed by atoms with Crippen molar-refractivity contribution in [2.45, 2.75) is 25.2 Å². The van der Waals surface area contributed by atoms with Crippen LogP contribution in [0.1, 0.15) is 51.6 Å². The number of aromatic nitrogens is 2. The first-order valence-electron chi connectivity index (χ1n) is 6.61. The average Bonchev–Trinajstić information content (AvgIpc) is 2.91. The van der Waals surface area contributed by atoms with Crippen LogP contribution in [-0.2, 0) is 6.42 Å². The van der Waals surface area contributed by atoms with E-state index in [1.54, 1.807) is 6.07 Å². The molecule has 0 aliphatic heterocycles. The third kappa shape index (κ3) is 2.34. The maximum absolute atomic E-state index is 11.3. The molecule has 0 saturated heterocycles. The molecule has 1 atom stereocenters. The van der Waals surface area contributed by atoms with E-state index in [0.717, 1.165) is 40.6 Å². The zero-order chi connectivity index (χ0) is 15.0. The fourth-order valence-electron chi connectivity index (χ4n) is 2.92. The van der Waals surface area contributed by atoms with Crippen molar-refractivity contribution in [3.63, 3.8) is 0 Å². The van der Waals surface area contributed by atoms with Gasteiger partial charge in [-0.05, 0) is 52.9 Å². The molecule has 3 rings (SSSR count). The van der Waals surface area contributed by atoms with Crippen LogP contribution in [0.2, 0.25) is 0 Å². The lowest BCUT2D eigenvalue weighted by molar-refractivity contribution is 0.0688. The van der Waals surface area contributed by atoms with Gasteiger partial charge in [0.15, 0.2) is 5.69 Å². The Hall–Kier alpha value is -2.13. The van der Waals surface area contributed by atoms with Crippen LogP contribution in [0.3, 0.4) is 0 Å². The van der Waals surface area contributed by atoms with Gasteiger partial charge in [0.1, 0.15) is 6.07 Å². The van der Waals surface area contributed by atoms with E-state index in [1.807, 2.05) is 12.1 Å². The van der Waals surface area contributed by atoms with Crippen molar-refractivity contribution in [3.8, 4) is 6.07 Å². The summed E-state index contributed by atoms with van der Waals surface area (Å²) >= 11 is 3.39. The Morgan fingerprint density at radius 1 is 1.52 bits per heavy atom. The summed E-state index contributed by atoms with van der Waals surface area (Å²) in [7, 11) is 0. The minimum atomic E-state index is -1.01. The molecule has 1 heterocycles. The van der Waals surface area contributed by atoms with Crippen molar-refractivity contribution in [1.29, 1.82) is 5.26 Å².